The van der Waals surface area contributed by atoms with E-state index < -0.39 is 0 Å². The number of primary amides is 1. The number of nitrogens with zero attached hydrogens (tertiary/aromatic N) is 1. The lowest BCUT2D eigenvalue weighted by atomic mass is 9.89. The quantitative estimate of drug-likeness (QED) is 0.758. The van der Waals surface area contributed by atoms with Gasteiger partial charge in [0.15, 0.2) is 0 Å². The molecule has 2 amide bonds. The third-order valence-corrected chi connectivity index (χ3v) is 3.94. The number of hydrogen-bond donors (Lipinski definition) is 2. The Balaban J connectivity index is 2.78. The minimum Gasteiger partial charge on any atom is -0.369 e. The van der Waals surface area contributed by atoms with Crippen molar-refractivity contribution in [1.82, 2.24) is 4.90 Å². The van der Waals surface area contributed by atoms with Crippen LogP contribution in [0.4, 0.5) is 0 Å². The highest BCUT2D eigenvalue weighted by Gasteiger charge is 2.35. The van der Waals surface area contributed by atoms with E-state index in [4.69, 9.17) is 11.5 Å². The summed E-state index contributed by atoms with van der Waals surface area (Å²) in [6, 6.07) is 0.167. The van der Waals surface area contributed by atoms with Crippen LogP contribution >= 0.6 is 0 Å². The summed E-state index contributed by atoms with van der Waals surface area (Å²) in [7, 11) is 0. The predicted octanol–water partition coefficient (Wildman–Crippen LogP) is 0.330. The second-order valence-corrected chi connectivity index (χ2v) is 5.60. The number of amides is 2. The maximum Gasteiger partial charge on any atom is 0.227 e. The van der Waals surface area contributed by atoms with E-state index >= 15 is 0 Å². The highest BCUT2D eigenvalue weighted by Crippen LogP contribution is 2.25. The van der Waals surface area contributed by atoms with Gasteiger partial charge in [-0.3, -0.25) is 9.59 Å². The van der Waals surface area contributed by atoms with Crippen molar-refractivity contribution in [2.24, 2.45) is 29.2 Å². The lowest BCUT2D eigenvalue weighted by molar-refractivity contribution is -0.142. The van der Waals surface area contributed by atoms with Gasteiger partial charge in [-0.2, -0.15) is 0 Å². The Kier molecular flexibility index (Phi) is 5.14. The number of nitrogens with two attached hydrogens (primary N) is 2. The molecule has 104 valence electrons. The molecule has 1 heterocycles. The summed E-state index contributed by atoms with van der Waals surface area (Å²) < 4.78 is 0. The standard InChI is InChI=1S/C13H25N3O2/c1-8(2)11(6-14)13(18)16-7-10(12(15)17)5-4-9(16)3/h8-11H,4-7,14H2,1-3H3,(H2,15,17). The average molecular weight is 255 g/mol. The molecule has 1 aliphatic rings. The molecule has 0 aromatic carbocycles. The third kappa shape index (κ3) is 3.22. The van der Waals surface area contributed by atoms with Crippen molar-refractivity contribution < 1.29 is 9.59 Å². The van der Waals surface area contributed by atoms with Gasteiger partial charge in [-0.25, -0.2) is 0 Å². The van der Waals surface area contributed by atoms with Gasteiger partial charge in [0.05, 0.1) is 11.8 Å². The van der Waals surface area contributed by atoms with Crippen LogP contribution in [0.2, 0.25) is 0 Å². The predicted molar refractivity (Wildman–Crippen MR) is 70.5 cm³/mol. The first-order chi connectivity index (χ1) is 8.38. The van der Waals surface area contributed by atoms with Crippen LogP contribution in [0.25, 0.3) is 0 Å². The minimum absolute atomic E-state index is 0.0611. The molecule has 4 N–H and O–H groups in total. The molecule has 0 bridgehead atoms. The number of hydrogen-bond acceptors (Lipinski definition) is 3. The molecule has 5 nitrogen and oxygen atoms in total. The number of likely N-dealkylation sites (tertiary alicyclic amines) is 1. The number of carbonyl (C=O) groups is 2. The van der Waals surface area contributed by atoms with Crippen molar-refractivity contribution in [2.45, 2.75) is 39.7 Å². The SMILES string of the molecule is CC(C)C(CN)C(=O)N1CC(C(N)=O)CCC1C. The summed E-state index contributed by atoms with van der Waals surface area (Å²) in [4.78, 5) is 25.5. The second kappa shape index (κ2) is 6.18. The van der Waals surface area contributed by atoms with Crippen LogP contribution in [0, 0.1) is 17.8 Å². The van der Waals surface area contributed by atoms with Crippen LogP contribution < -0.4 is 11.5 Å². The van der Waals surface area contributed by atoms with E-state index in [1.807, 2.05) is 20.8 Å². The van der Waals surface area contributed by atoms with Crippen LogP contribution in [-0.4, -0.2) is 35.8 Å². The van der Waals surface area contributed by atoms with E-state index in [9.17, 15) is 9.59 Å². The molecule has 0 aliphatic carbocycles. The summed E-state index contributed by atoms with van der Waals surface area (Å²) in [5.41, 5.74) is 11.0. The Hall–Kier alpha value is -1.10. The zero-order valence-corrected chi connectivity index (χ0v) is 11.6. The Morgan fingerprint density at radius 3 is 2.39 bits per heavy atom. The summed E-state index contributed by atoms with van der Waals surface area (Å²) in [5.74, 6) is -0.419. The fourth-order valence-electron chi connectivity index (χ4n) is 2.52. The van der Waals surface area contributed by atoms with Crippen molar-refractivity contribution >= 4 is 11.8 Å². The molecule has 3 atom stereocenters. The molecule has 0 radical (unpaired) electrons. The highest BCUT2D eigenvalue weighted by atomic mass is 16.2. The van der Waals surface area contributed by atoms with Gasteiger partial charge < -0.3 is 16.4 Å². The van der Waals surface area contributed by atoms with Gasteiger partial charge in [0.1, 0.15) is 0 Å². The molecule has 3 unspecified atom stereocenters. The van der Waals surface area contributed by atoms with Crippen LogP contribution in [0.1, 0.15) is 33.6 Å². The van der Waals surface area contributed by atoms with Crippen LogP contribution in [0.5, 0.6) is 0 Å². The molecule has 1 fully saturated rings. The summed E-state index contributed by atoms with van der Waals surface area (Å²) >= 11 is 0. The third-order valence-electron chi connectivity index (χ3n) is 3.94. The van der Waals surface area contributed by atoms with Gasteiger partial charge in [-0.1, -0.05) is 13.8 Å². The van der Waals surface area contributed by atoms with Crippen molar-refractivity contribution in [3.8, 4) is 0 Å². The smallest absolute Gasteiger partial charge is 0.227 e. The van der Waals surface area contributed by atoms with Gasteiger partial charge in [-0.15, -0.1) is 0 Å². The van der Waals surface area contributed by atoms with Gasteiger partial charge in [0.2, 0.25) is 11.8 Å². The van der Waals surface area contributed by atoms with Crippen molar-refractivity contribution in [3.63, 3.8) is 0 Å². The second-order valence-electron chi connectivity index (χ2n) is 5.60. The first kappa shape index (κ1) is 15.0. The average Bonchev–Trinajstić information content (AvgIpc) is 2.29. The van der Waals surface area contributed by atoms with Gasteiger partial charge in [0, 0.05) is 19.1 Å². The molecule has 0 aromatic rings. The Labute approximate surface area is 109 Å². The molecule has 0 spiro atoms. The fourth-order valence-corrected chi connectivity index (χ4v) is 2.52. The molecular weight excluding hydrogens is 230 g/mol. The Bertz CT molecular complexity index is 317. The Morgan fingerprint density at radius 1 is 1.33 bits per heavy atom. The molecule has 1 saturated heterocycles. The minimum atomic E-state index is -0.312. The lowest BCUT2D eigenvalue weighted by Gasteiger charge is -2.39. The van der Waals surface area contributed by atoms with Crippen molar-refractivity contribution in [1.29, 1.82) is 0 Å². The normalized spacial score (nSPS) is 26.2. The molecule has 0 aromatic heterocycles. The van der Waals surface area contributed by atoms with Gasteiger partial charge >= 0.3 is 0 Å². The molecule has 1 aliphatic heterocycles. The van der Waals surface area contributed by atoms with E-state index in [-0.39, 0.29) is 35.6 Å². The largest absolute Gasteiger partial charge is 0.369 e. The molecule has 1 rings (SSSR count). The van der Waals surface area contributed by atoms with E-state index in [2.05, 4.69) is 0 Å². The van der Waals surface area contributed by atoms with Gasteiger partial charge in [0.25, 0.3) is 0 Å². The van der Waals surface area contributed by atoms with Gasteiger partial charge in [-0.05, 0) is 25.7 Å². The zero-order chi connectivity index (χ0) is 13.9. The molecular formula is C13H25N3O2. The number of carbonyl (C=O) groups excluding carboxylic acids is 2. The lowest BCUT2D eigenvalue weighted by Crippen LogP contribution is -2.52. The summed E-state index contributed by atoms with van der Waals surface area (Å²) in [5, 5.41) is 0. The van der Waals surface area contributed by atoms with Crippen LogP contribution in [-0.2, 0) is 9.59 Å². The first-order valence-electron chi connectivity index (χ1n) is 6.68. The van der Waals surface area contributed by atoms with Crippen LogP contribution in [0.3, 0.4) is 0 Å². The number of piperidine rings is 1. The monoisotopic (exact) mass is 255 g/mol. The zero-order valence-electron chi connectivity index (χ0n) is 11.6. The Morgan fingerprint density at radius 2 is 1.94 bits per heavy atom. The van der Waals surface area contributed by atoms with Crippen molar-refractivity contribution in [2.75, 3.05) is 13.1 Å². The van der Waals surface area contributed by atoms with Crippen molar-refractivity contribution in [3.05, 3.63) is 0 Å². The van der Waals surface area contributed by atoms with E-state index in [1.165, 1.54) is 0 Å². The molecule has 18 heavy (non-hydrogen) atoms. The van der Waals surface area contributed by atoms with Crippen LogP contribution in [0.15, 0.2) is 0 Å². The molecule has 5 heteroatoms. The first-order valence-corrected chi connectivity index (χ1v) is 6.68. The topological polar surface area (TPSA) is 89.4 Å². The maximum absolute atomic E-state index is 12.4. The van der Waals surface area contributed by atoms with E-state index in [0.29, 0.717) is 13.1 Å². The summed E-state index contributed by atoms with van der Waals surface area (Å²) in [6.45, 7) is 6.80. The summed E-state index contributed by atoms with van der Waals surface area (Å²) in [6.07, 6.45) is 1.60. The fraction of sp³-hybridized carbons (Fsp3) is 0.846. The van der Waals surface area contributed by atoms with E-state index in [1.54, 1.807) is 4.90 Å². The maximum atomic E-state index is 12.4. The number of rotatable bonds is 4. The van der Waals surface area contributed by atoms with E-state index in [0.717, 1.165) is 12.8 Å². The highest BCUT2D eigenvalue weighted by molar-refractivity contribution is 5.82. The molecule has 0 saturated carbocycles.